The first-order chi connectivity index (χ1) is 6.72. The van der Waals surface area contributed by atoms with Crippen molar-refractivity contribution in [3.05, 3.63) is 29.8 Å². The molecule has 0 amide bonds. The van der Waals surface area contributed by atoms with E-state index in [1.54, 1.807) is 7.11 Å². The maximum absolute atomic E-state index is 5.69. The molecule has 0 spiro atoms. The third-order valence-corrected chi connectivity index (χ3v) is 2.08. The largest absolute Gasteiger partial charge is 0.399 e. The summed E-state index contributed by atoms with van der Waals surface area (Å²) in [6.45, 7) is 2.61. The molecule has 14 heavy (non-hydrogen) atoms. The van der Waals surface area contributed by atoms with Crippen LogP contribution in [0.5, 0.6) is 0 Å². The Labute approximate surface area is 85.5 Å². The average molecular weight is 194 g/mol. The van der Waals surface area contributed by atoms with Crippen LogP contribution in [0.3, 0.4) is 0 Å². The number of hydrogen-bond acceptors (Lipinski definition) is 3. The number of ether oxygens (including phenoxy) is 1. The Morgan fingerprint density at radius 2 is 2.21 bits per heavy atom. The van der Waals surface area contributed by atoms with Crippen molar-refractivity contribution in [2.24, 2.45) is 0 Å². The minimum Gasteiger partial charge on any atom is -0.399 e. The molecule has 1 aromatic rings. The number of rotatable bonds is 5. The van der Waals surface area contributed by atoms with Gasteiger partial charge < -0.3 is 10.5 Å². The monoisotopic (exact) mass is 194 g/mol. The van der Waals surface area contributed by atoms with E-state index in [4.69, 9.17) is 10.5 Å². The normalized spacial score (nSPS) is 10.8. The highest BCUT2D eigenvalue weighted by Crippen LogP contribution is 2.08. The summed E-state index contributed by atoms with van der Waals surface area (Å²) in [5.41, 5.74) is 7.75. The van der Waals surface area contributed by atoms with Gasteiger partial charge in [-0.25, -0.2) is 0 Å². The van der Waals surface area contributed by atoms with Crippen molar-refractivity contribution >= 4 is 5.69 Å². The zero-order valence-electron chi connectivity index (χ0n) is 8.86. The first-order valence-electron chi connectivity index (χ1n) is 4.74. The first-order valence-corrected chi connectivity index (χ1v) is 4.74. The number of likely N-dealkylation sites (N-methyl/N-ethyl adjacent to an activating group) is 1. The summed E-state index contributed by atoms with van der Waals surface area (Å²) in [6.07, 6.45) is 0. The molecule has 0 radical (unpaired) electrons. The van der Waals surface area contributed by atoms with Crippen molar-refractivity contribution in [2.75, 3.05) is 33.0 Å². The van der Waals surface area contributed by atoms with Crippen molar-refractivity contribution in [1.82, 2.24) is 4.90 Å². The highest BCUT2D eigenvalue weighted by atomic mass is 16.5. The van der Waals surface area contributed by atoms with E-state index in [-0.39, 0.29) is 0 Å². The third-order valence-electron chi connectivity index (χ3n) is 2.08. The highest BCUT2D eigenvalue weighted by molar-refractivity contribution is 5.40. The SMILES string of the molecule is COCCN(C)Cc1cccc(N)c1. The second kappa shape index (κ2) is 5.62. The molecule has 1 rings (SSSR count). The van der Waals surface area contributed by atoms with Gasteiger partial charge in [-0.2, -0.15) is 0 Å². The van der Waals surface area contributed by atoms with Gasteiger partial charge >= 0.3 is 0 Å². The first kappa shape index (κ1) is 11.0. The quantitative estimate of drug-likeness (QED) is 0.719. The van der Waals surface area contributed by atoms with Gasteiger partial charge in [0.05, 0.1) is 6.61 Å². The predicted octanol–water partition coefficient (Wildman–Crippen LogP) is 1.35. The molecule has 0 heterocycles. The molecule has 0 aromatic heterocycles. The lowest BCUT2D eigenvalue weighted by Crippen LogP contribution is -2.22. The fourth-order valence-electron chi connectivity index (χ4n) is 1.33. The van der Waals surface area contributed by atoms with Gasteiger partial charge in [-0.1, -0.05) is 12.1 Å². The molecular weight excluding hydrogens is 176 g/mol. The predicted molar refractivity (Wildman–Crippen MR) is 59.1 cm³/mol. The van der Waals surface area contributed by atoms with E-state index in [1.165, 1.54) is 5.56 Å². The van der Waals surface area contributed by atoms with Crippen LogP contribution in [0.25, 0.3) is 0 Å². The summed E-state index contributed by atoms with van der Waals surface area (Å²) in [7, 11) is 3.79. The number of methoxy groups -OCH3 is 1. The van der Waals surface area contributed by atoms with Crippen molar-refractivity contribution < 1.29 is 4.74 Å². The topological polar surface area (TPSA) is 38.5 Å². The van der Waals surface area contributed by atoms with Gasteiger partial charge in [-0.05, 0) is 24.7 Å². The van der Waals surface area contributed by atoms with Gasteiger partial charge in [0.15, 0.2) is 0 Å². The van der Waals surface area contributed by atoms with Crippen molar-refractivity contribution in [2.45, 2.75) is 6.54 Å². The molecule has 0 aliphatic rings. The van der Waals surface area contributed by atoms with Gasteiger partial charge in [0.25, 0.3) is 0 Å². The molecule has 0 aliphatic heterocycles. The van der Waals surface area contributed by atoms with Crippen LogP contribution >= 0.6 is 0 Å². The van der Waals surface area contributed by atoms with Crippen LogP contribution < -0.4 is 5.73 Å². The Bertz CT molecular complexity index is 276. The smallest absolute Gasteiger partial charge is 0.0589 e. The summed E-state index contributed by atoms with van der Waals surface area (Å²) in [5.74, 6) is 0. The van der Waals surface area contributed by atoms with E-state index in [1.807, 2.05) is 18.2 Å². The van der Waals surface area contributed by atoms with Gasteiger partial charge in [0.2, 0.25) is 0 Å². The van der Waals surface area contributed by atoms with Crippen molar-refractivity contribution in [3.8, 4) is 0 Å². The van der Waals surface area contributed by atoms with E-state index in [2.05, 4.69) is 18.0 Å². The number of hydrogen-bond donors (Lipinski definition) is 1. The Morgan fingerprint density at radius 1 is 1.43 bits per heavy atom. The molecule has 3 nitrogen and oxygen atoms in total. The van der Waals surface area contributed by atoms with Gasteiger partial charge in [0, 0.05) is 25.9 Å². The fourth-order valence-corrected chi connectivity index (χ4v) is 1.33. The van der Waals surface area contributed by atoms with Gasteiger partial charge in [-0.15, -0.1) is 0 Å². The molecule has 0 fully saturated rings. The minimum atomic E-state index is 0.763. The molecule has 0 unspecified atom stereocenters. The van der Waals surface area contributed by atoms with Crippen LogP contribution in [0.1, 0.15) is 5.56 Å². The molecule has 3 heteroatoms. The fraction of sp³-hybridized carbons (Fsp3) is 0.455. The maximum Gasteiger partial charge on any atom is 0.0589 e. The summed E-state index contributed by atoms with van der Waals surface area (Å²) in [4.78, 5) is 2.21. The molecule has 0 aliphatic carbocycles. The van der Waals surface area contributed by atoms with E-state index in [9.17, 15) is 0 Å². The van der Waals surface area contributed by atoms with Crippen LogP contribution in [0, 0.1) is 0 Å². The van der Waals surface area contributed by atoms with Crippen LogP contribution in [0.15, 0.2) is 24.3 Å². The second-order valence-electron chi connectivity index (χ2n) is 3.48. The lowest BCUT2D eigenvalue weighted by Gasteiger charge is -2.16. The van der Waals surface area contributed by atoms with E-state index in [0.717, 1.165) is 25.4 Å². The average Bonchev–Trinajstić information content (AvgIpc) is 2.15. The third kappa shape index (κ3) is 3.77. The van der Waals surface area contributed by atoms with Crippen LogP contribution in [-0.2, 0) is 11.3 Å². The van der Waals surface area contributed by atoms with Crippen molar-refractivity contribution in [1.29, 1.82) is 0 Å². The number of anilines is 1. The number of nitrogens with zero attached hydrogens (tertiary/aromatic N) is 1. The molecule has 0 saturated heterocycles. The molecule has 0 saturated carbocycles. The molecule has 2 N–H and O–H groups in total. The summed E-state index contributed by atoms with van der Waals surface area (Å²) in [6, 6.07) is 7.97. The molecular formula is C11H18N2O. The Hall–Kier alpha value is -1.06. The summed E-state index contributed by atoms with van der Waals surface area (Å²) >= 11 is 0. The van der Waals surface area contributed by atoms with Gasteiger partial charge in [-0.3, -0.25) is 4.90 Å². The zero-order valence-corrected chi connectivity index (χ0v) is 8.86. The highest BCUT2D eigenvalue weighted by Gasteiger charge is 1.99. The summed E-state index contributed by atoms with van der Waals surface area (Å²) in [5, 5.41) is 0. The van der Waals surface area contributed by atoms with E-state index < -0.39 is 0 Å². The van der Waals surface area contributed by atoms with Crippen molar-refractivity contribution in [3.63, 3.8) is 0 Å². The number of nitrogens with two attached hydrogens (primary N) is 1. The lowest BCUT2D eigenvalue weighted by molar-refractivity contribution is 0.158. The molecule has 0 atom stereocenters. The standard InChI is InChI=1S/C11H18N2O/c1-13(6-7-14-2)9-10-4-3-5-11(12)8-10/h3-5,8H,6-7,9,12H2,1-2H3. The maximum atomic E-state index is 5.69. The van der Waals surface area contributed by atoms with Gasteiger partial charge in [0.1, 0.15) is 0 Å². The van der Waals surface area contributed by atoms with Crippen LogP contribution in [0.4, 0.5) is 5.69 Å². The molecule has 78 valence electrons. The minimum absolute atomic E-state index is 0.763. The second-order valence-corrected chi connectivity index (χ2v) is 3.48. The Kier molecular flexibility index (Phi) is 4.43. The number of nitrogen functional groups attached to an aromatic ring is 1. The zero-order chi connectivity index (χ0) is 10.4. The van der Waals surface area contributed by atoms with Crippen LogP contribution in [-0.4, -0.2) is 32.2 Å². The van der Waals surface area contributed by atoms with E-state index >= 15 is 0 Å². The van der Waals surface area contributed by atoms with Crippen LogP contribution in [0.2, 0.25) is 0 Å². The molecule has 0 bridgehead atoms. The number of benzene rings is 1. The Balaban J connectivity index is 2.43. The lowest BCUT2D eigenvalue weighted by atomic mass is 10.2. The Morgan fingerprint density at radius 3 is 2.86 bits per heavy atom. The van der Waals surface area contributed by atoms with E-state index in [0.29, 0.717) is 0 Å². The summed E-state index contributed by atoms with van der Waals surface area (Å²) < 4.78 is 5.01. The molecule has 1 aromatic carbocycles.